The van der Waals surface area contributed by atoms with Crippen LogP contribution in [0.25, 0.3) is 11.4 Å². The molecule has 4 rings (SSSR count). The Morgan fingerprint density at radius 3 is 2.37 bits per heavy atom. The molecule has 156 valence electrons. The summed E-state index contributed by atoms with van der Waals surface area (Å²) in [5.74, 6) is 2.89. The summed E-state index contributed by atoms with van der Waals surface area (Å²) < 4.78 is 16.0. The highest BCUT2D eigenvalue weighted by Gasteiger charge is 2.26. The van der Waals surface area contributed by atoms with E-state index in [4.69, 9.17) is 14.0 Å². The van der Waals surface area contributed by atoms with Gasteiger partial charge < -0.3 is 18.9 Å². The quantitative estimate of drug-likeness (QED) is 0.618. The average molecular weight is 407 g/mol. The number of amides is 1. The Morgan fingerprint density at radius 2 is 1.73 bits per heavy atom. The van der Waals surface area contributed by atoms with Crippen LogP contribution in [0.3, 0.4) is 0 Å². The molecule has 0 N–H and O–H groups in total. The van der Waals surface area contributed by atoms with E-state index in [1.165, 1.54) is 0 Å². The third-order valence-corrected chi connectivity index (χ3v) is 5.46. The molecule has 0 radical (unpaired) electrons. The molecule has 1 fully saturated rings. The summed E-state index contributed by atoms with van der Waals surface area (Å²) in [6, 6.07) is 15.1. The lowest BCUT2D eigenvalue weighted by Crippen LogP contribution is -2.39. The lowest BCUT2D eigenvalue weighted by molar-refractivity contribution is 0.0686. The summed E-state index contributed by atoms with van der Waals surface area (Å²) in [5.41, 5.74) is 1.52. The van der Waals surface area contributed by atoms with Crippen LogP contribution in [-0.4, -0.2) is 48.3 Å². The first kappa shape index (κ1) is 19.9. The highest BCUT2D eigenvalue weighted by molar-refractivity contribution is 5.95. The molecular formula is C23H25N3O4. The first-order chi connectivity index (χ1) is 14.7. The van der Waals surface area contributed by atoms with Crippen molar-refractivity contribution in [3.05, 3.63) is 60.0 Å². The molecule has 30 heavy (non-hydrogen) atoms. The Hall–Kier alpha value is -3.35. The van der Waals surface area contributed by atoms with Gasteiger partial charge in [-0.1, -0.05) is 35.5 Å². The van der Waals surface area contributed by atoms with Gasteiger partial charge in [0.05, 0.1) is 14.2 Å². The summed E-state index contributed by atoms with van der Waals surface area (Å²) in [6.07, 6.45) is 2.53. The van der Waals surface area contributed by atoms with Gasteiger partial charge in [-0.25, -0.2) is 0 Å². The van der Waals surface area contributed by atoms with Crippen molar-refractivity contribution in [3.8, 4) is 22.9 Å². The van der Waals surface area contributed by atoms with Crippen LogP contribution in [-0.2, 0) is 6.42 Å². The number of aromatic nitrogens is 2. The molecule has 0 spiro atoms. The van der Waals surface area contributed by atoms with Crippen molar-refractivity contribution >= 4 is 5.91 Å². The zero-order valence-electron chi connectivity index (χ0n) is 17.2. The van der Waals surface area contributed by atoms with E-state index in [9.17, 15) is 4.79 Å². The molecule has 7 nitrogen and oxygen atoms in total. The number of benzene rings is 2. The van der Waals surface area contributed by atoms with E-state index >= 15 is 0 Å². The molecule has 0 aliphatic carbocycles. The Balaban J connectivity index is 1.35. The number of carbonyl (C=O) groups excluding carboxylic acids is 1. The molecule has 3 aromatic rings. The molecule has 1 aliphatic rings. The number of likely N-dealkylation sites (tertiary alicyclic amines) is 1. The zero-order chi connectivity index (χ0) is 20.9. The molecule has 1 amide bonds. The van der Waals surface area contributed by atoms with Crippen molar-refractivity contribution in [2.75, 3.05) is 27.3 Å². The third kappa shape index (κ3) is 4.45. The van der Waals surface area contributed by atoms with E-state index < -0.39 is 0 Å². The Labute approximate surface area is 175 Å². The van der Waals surface area contributed by atoms with Crippen LogP contribution in [0.5, 0.6) is 11.5 Å². The summed E-state index contributed by atoms with van der Waals surface area (Å²) in [6.45, 7) is 1.39. The van der Waals surface area contributed by atoms with Crippen LogP contribution >= 0.6 is 0 Å². The molecule has 0 atom stereocenters. The van der Waals surface area contributed by atoms with E-state index in [1.807, 2.05) is 35.2 Å². The first-order valence-electron chi connectivity index (χ1n) is 10.1. The smallest absolute Gasteiger partial charge is 0.254 e. The van der Waals surface area contributed by atoms with Gasteiger partial charge in [0.25, 0.3) is 5.91 Å². The van der Waals surface area contributed by atoms with Gasteiger partial charge in [0, 0.05) is 36.7 Å². The number of nitrogens with zero attached hydrogens (tertiary/aromatic N) is 3. The van der Waals surface area contributed by atoms with Gasteiger partial charge in [0.15, 0.2) is 0 Å². The lowest BCUT2D eigenvalue weighted by Gasteiger charge is -2.31. The largest absolute Gasteiger partial charge is 0.497 e. The molecule has 7 heteroatoms. The van der Waals surface area contributed by atoms with E-state index in [0.29, 0.717) is 47.8 Å². The van der Waals surface area contributed by atoms with Gasteiger partial charge in [-0.05, 0) is 30.9 Å². The summed E-state index contributed by atoms with van der Waals surface area (Å²) in [7, 11) is 3.16. The minimum atomic E-state index is -0.00481. The lowest BCUT2D eigenvalue weighted by atomic mass is 9.93. The predicted octanol–water partition coefficient (Wildman–Crippen LogP) is 3.85. The second kappa shape index (κ2) is 8.98. The van der Waals surface area contributed by atoms with Crippen LogP contribution in [0.2, 0.25) is 0 Å². The van der Waals surface area contributed by atoms with E-state index in [0.717, 1.165) is 24.8 Å². The first-order valence-corrected chi connectivity index (χ1v) is 10.1. The second-order valence-corrected chi connectivity index (χ2v) is 7.42. The SMILES string of the molecule is COc1cc(OC)cc(C(=O)N2CCC(Cc3nc(-c4ccccc4)no3)CC2)c1. The fraction of sp³-hybridized carbons (Fsp3) is 0.348. The molecule has 2 aromatic carbocycles. The molecule has 1 aliphatic heterocycles. The maximum atomic E-state index is 12.9. The van der Waals surface area contributed by atoms with Gasteiger partial charge in [-0.3, -0.25) is 4.79 Å². The summed E-state index contributed by atoms with van der Waals surface area (Å²) >= 11 is 0. The van der Waals surface area contributed by atoms with Gasteiger partial charge >= 0.3 is 0 Å². The number of methoxy groups -OCH3 is 2. The minimum absolute atomic E-state index is 0.00481. The normalized spacial score (nSPS) is 14.5. The zero-order valence-corrected chi connectivity index (χ0v) is 17.2. The van der Waals surface area contributed by atoms with Gasteiger partial charge in [-0.2, -0.15) is 4.98 Å². The number of rotatable bonds is 6. The molecule has 0 unspecified atom stereocenters. The maximum absolute atomic E-state index is 12.9. The minimum Gasteiger partial charge on any atom is -0.497 e. The standard InChI is InChI=1S/C23H25N3O4/c1-28-19-13-18(14-20(15-19)29-2)23(27)26-10-8-16(9-11-26)12-21-24-22(25-30-21)17-6-4-3-5-7-17/h3-7,13-16H,8-12H2,1-2H3. The second-order valence-electron chi connectivity index (χ2n) is 7.42. The predicted molar refractivity (Wildman–Crippen MR) is 112 cm³/mol. The fourth-order valence-corrected chi connectivity index (χ4v) is 3.74. The number of hydrogen-bond donors (Lipinski definition) is 0. The van der Waals surface area contributed by atoms with Crippen molar-refractivity contribution in [3.63, 3.8) is 0 Å². The molecule has 1 saturated heterocycles. The third-order valence-electron chi connectivity index (χ3n) is 5.46. The van der Waals surface area contributed by atoms with Crippen molar-refractivity contribution in [1.82, 2.24) is 15.0 Å². The van der Waals surface area contributed by atoms with E-state index in [-0.39, 0.29) is 5.91 Å². The molecule has 1 aromatic heterocycles. The van der Waals surface area contributed by atoms with Crippen molar-refractivity contribution < 1.29 is 18.8 Å². The van der Waals surface area contributed by atoms with Gasteiger partial charge in [0.1, 0.15) is 11.5 Å². The Morgan fingerprint density at radius 1 is 1.07 bits per heavy atom. The van der Waals surface area contributed by atoms with Crippen molar-refractivity contribution in [1.29, 1.82) is 0 Å². The molecule has 0 saturated carbocycles. The molecule has 0 bridgehead atoms. The van der Waals surface area contributed by atoms with Gasteiger partial charge in [-0.15, -0.1) is 0 Å². The topological polar surface area (TPSA) is 77.7 Å². The van der Waals surface area contributed by atoms with Crippen LogP contribution in [0.1, 0.15) is 29.1 Å². The average Bonchev–Trinajstić information content (AvgIpc) is 3.27. The van der Waals surface area contributed by atoms with Crippen LogP contribution in [0.4, 0.5) is 0 Å². The van der Waals surface area contributed by atoms with Gasteiger partial charge in [0.2, 0.25) is 11.7 Å². The number of piperidine rings is 1. The van der Waals surface area contributed by atoms with E-state index in [2.05, 4.69) is 10.1 Å². The van der Waals surface area contributed by atoms with Crippen LogP contribution in [0.15, 0.2) is 53.1 Å². The Kier molecular flexibility index (Phi) is 5.97. The highest BCUT2D eigenvalue weighted by atomic mass is 16.5. The molecule has 2 heterocycles. The highest BCUT2D eigenvalue weighted by Crippen LogP contribution is 2.27. The Bertz CT molecular complexity index is 972. The van der Waals surface area contributed by atoms with Crippen LogP contribution < -0.4 is 9.47 Å². The number of ether oxygens (including phenoxy) is 2. The van der Waals surface area contributed by atoms with Crippen molar-refractivity contribution in [2.45, 2.75) is 19.3 Å². The van der Waals surface area contributed by atoms with Crippen LogP contribution in [0, 0.1) is 5.92 Å². The van der Waals surface area contributed by atoms with E-state index in [1.54, 1.807) is 32.4 Å². The number of hydrogen-bond acceptors (Lipinski definition) is 6. The maximum Gasteiger partial charge on any atom is 0.254 e. The fourth-order valence-electron chi connectivity index (χ4n) is 3.74. The summed E-state index contributed by atoms with van der Waals surface area (Å²) in [5, 5.41) is 4.09. The number of carbonyl (C=O) groups is 1. The monoisotopic (exact) mass is 407 g/mol. The summed E-state index contributed by atoms with van der Waals surface area (Å²) in [4.78, 5) is 19.3. The van der Waals surface area contributed by atoms with Crippen molar-refractivity contribution in [2.24, 2.45) is 5.92 Å². The molecular weight excluding hydrogens is 382 g/mol.